The van der Waals surface area contributed by atoms with Crippen LogP contribution in [0, 0.1) is 0 Å². The van der Waals surface area contributed by atoms with Crippen molar-refractivity contribution in [3.8, 4) is 0 Å². The van der Waals surface area contributed by atoms with E-state index in [4.69, 9.17) is 10.5 Å². The van der Waals surface area contributed by atoms with Crippen LogP contribution in [0.3, 0.4) is 0 Å². The number of sulfone groups is 1. The highest BCUT2D eigenvalue weighted by Crippen LogP contribution is 2.13. The van der Waals surface area contributed by atoms with Crippen LogP contribution in [-0.2, 0) is 32.4 Å². The van der Waals surface area contributed by atoms with E-state index in [1.54, 1.807) is 18.2 Å². The molecule has 0 bridgehead atoms. The fourth-order valence-corrected chi connectivity index (χ4v) is 4.95. The minimum atomic E-state index is -3.69. The summed E-state index contributed by atoms with van der Waals surface area (Å²) < 4.78 is 30.9. The van der Waals surface area contributed by atoms with Crippen LogP contribution < -0.4 is 16.4 Å². The van der Waals surface area contributed by atoms with E-state index in [1.165, 1.54) is 18.2 Å². The van der Waals surface area contributed by atoms with E-state index in [0.29, 0.717) is 19.4 Å². The van der Waals surface area contributed by atoms with Gasteiger partial charge in [-0.25, -0.2) is 13.2 Å². The topological polar surface area (TPSA) is 128 Å². The quantitative estimate of drug-likeness (QED) is 0.260. The van der Waals surface area contributed by atoms with Gasteiger partial charge in [-0.1, -0.05) is 84.9 Å². The lowest BCUT2D eigenvalue weighted by molar-refractivity contribution is -0.123. The zero-order valence-corrected chi connectivity index (χ0v) is 22.6. The lowest BCUT2D eigenvalue weighted by Crippen LogP contribution is -2.50. The monoisotopic (exact) mass is 549 g/mol. The smallest absolute Gasteiger partial charge is 0.408 e. The largest absolute Gasteiger partial charge is 0.445 e. The standard InChI is InChI=1S/C30H35N3O5S/c31-20-11-10-16-26(19-21-39(36,37)27-17-8-3-9-18-27)32-29(34)28(22-24-12-4-1-5-13-24)33-30(35)38-23-25-14-6-2-7-15-25/h1-9,12-15,17-19,21,26,28H,10-11,16,20,22-23,31H2,(H,32,34)(H,33,35)/b21-19+/t26-,28-/m0/s1. The molecule has 0 unspecified atom stereocenters. The molecule has 3 aromatic rings. The Morgan fingerprint density at radius 2 is 1.41 bits per heavy atom. The van der Waals surface area contributed by atoms with E-state index in [2.05, 4.69) is 10.6 Å². The molecule has 0 fully saturated rings. The number of alkyl carbamates (subject to hydrolysis) is 1. The molecule has 39 heavy (non-hydrogen) atoms. The van der Waals surface area contributed by atoms with E-state index in [-0.39, 0.29) is 17.9 Å². The first-order valence-electron chi connectivity index (χ1n) is 12.9. The van der Waals surface area contributed by atoms with Crippen molar-refractivity contribution in [3.05, 3.63) is 114 Å². The first-order valence-corrected chi connectivity index (χ1v) is 14.4. The van der Waals surface area contributed by atoms with Crippen LogP contribution in [0.5, 0.6) is 0 Å². The van der Waals surface area contributed by atoms with Gasteiger partial charge in [-0.05, 0) is 49.1 Å². The van der Waals surface area contributed by atoms with E-state index in [1.807, 2.05) is 60.7 Å². The summed E-state index contributed by atoms with van der Waals surface area (Å²) in [6.07, 6.45) is 2.88. The number of carbonyl (C=O) groups excluding carboxylic acids is 2. The lowest BCUT2D eigenvalue weighted by atomic mass is 10.0. The predicted molar refractivity (Wildman–Crippen MR) is 151 cm³/mol. The molecule has 0 aliphatic heterocycles. The zero-order chi connectivity index (χ0) is 27.9. The van der Waals surface area contributed by atoms with Gasteiger partial charge in [-0.15, -0.1) is 0 Å². The highest BCUT2D eigenvalue weighted by molar-refractivity contribution is 7.94. The molecule has 4 N–H and O–H groups in total. The number of carbonyl (C=O) groups is 2. The van der Waals surface area contributed by atoms with Crippen molar-refractivity contribution >= 4 is 21.8 Å². The number of amides is 2. The van der Waals surface area contributed by atoms with Crippen molar-refractivity contribution in [2.45, 2.75) is 49.3 Å². The normalized spacial score (nSPS) is 12.9. The Bertz CT molecular complexity index is 1300. The van der Waals surface area contributed by atoms with Gasteiger partial charge in [0.25, 0.3) is 0 Å². The summed E-state index contributed by atoms with van der Waals surface area (Å²) >= 11 is 0. The van der Waals surface area contributed by atoms with Gasteiger partial charge in [0.05, 0.1) is 4.90 Å². The van der Waals surface area contributed by atoms with Crippen LogP contribution in [0.1, 0.15) is 30.4 Å². The molecule has 0 heterocycles. The van der Waals surface area contributed by atoms with Crippen molar-refractivity contribution < 1.29 is 22.7 Å². The zero-order valence-electron chi connectivity index (χ0n) is 21.7. The van der Waals surface area contributed by atoms with Crippen LogP contribution in [0.25, 0.3) is 0 Å². The van der Waals surface area contributed by atoms with Gasteiger partial charge in [-0.2, -0.15) is 0 Å². The van der Waals surface area contributed by atoms with Gasteiger partial charge in [0.2, 0.25) is 5.91 Å². The molecule has 206 valence electrons. The number of nitrogens with one attached hydrogen (secondary N) is 2. The summed E-state index contributed by atoms with van der Waals surface area (Å²) in [4.78, 5) is 26.2. The van der Waals surface area contributed by atoms with Crippen molar-refractivity contribution in [1.29, 1.82) is 0 Å². The summed E-state index contributed by atoms with van der Waals surface area (Å²) in [6.45, 7) is 0.548. The molecule has 2 amide bonds. The Kier molecular flexibility index (Phi) is 11.7. The lowest BCUT2D eigenvalue weighted by Gasteiger charge is -2.22. The molecular weight excluding hydrogens is 514 g/mol. The van der Waals surface area contributed by atoms with Crippen LogP contribution in [0.4, 0.5) is 4.79 Å². The molecule has 3 rings (SSSR count). The summed E-state index contributed by atoms with van der Waals surface area (Å²) in [6, 6.07) is 25.1. The Labute approximate surface area is 230 Å². The minimum absolute atomic E-state index is 0.0636. The summed E-state index contributed by atoms with van der Waals surface area (Å²) in [7, 11) is -3.69. The fraction of sp³-hybridized carbons (Fsp3) is 0.267. The van der Waals surface area contributed by atoms with E-state index in [0.717, 1.165) is 23.0 Å². The molecule has 0 saturated carbocycles. The molecule has 3 aromatic carbocycles. The van der Waals surface area contributed by atoms with Gasteiger partial charge >= 0.3 is 6.09 Å². The Balaban J connectivity index is 1.73. The second-order valence-corrected chi connectivity index (χ2v) is 10.9. The maximum absolute atomic E-state index is 13.4. The number of nitrogens with two attached hydrogens (primary N) is 1. The molecule has 0 saturated heterocycles. The van der Waals surface area contributed by atoms with E-state index >= 15 is 0 Å². The van der Waals surface area contributed by atoms with Crippen molar-refractivity contribution in [2.24, 2.45) is 5.73 Å². The molecule has 8 nitrogen and oxygen atoms in total. The summed E-state index contributed by atoms with van der Waals surface area (Å²) in [5.41, 5.74) is 7.30. The first kappa shape index (κ1) is 29.6. The van der Waals surface area contributed by atoms with Crippen LogP contribution >= 0.6 is 0 Å². The van der Waals surface area contributed by atoms with Crippen LogP contribution in [-0.4, -0.2) is 39.0 Å². The number of hydrogen-bond acceptors (Lipinski definition) is 6. The van der Waals surface area contributed by atoms with E-state index in [9.17, 15) is 18.0 Å². The molecule has 2 atom stereocenters. The molecule has 0 spiro atoms. The van der Waals surface area contributed by atoms with Gasteiger partial charge in [0.1, 0.15) is 12.6 Å². The average Bonchev–Trinajstić information content (AvgIpc) is 2.96. The first-order chi connectivity index (χ1) is 18.9. The maximum atomic E-state index is 13.4. The Morgan fingerprint density at radius 3 is 2.03 bits per heavy atom. The summed E-state index contributed by atoms with van der Waals surface area (Å²) in [5.74, 6) is -0.449. The maximum Gasteiger partial charge on any atom is 0.408 e. The SMILES string of the molecule is NCCCC[C@@H](/C=C/S(=O)(=O)c1ccccc1)NC(=O)[C@H](Cc1ccccc1)NC(=O)OCc1ccccc1. The van der Waals surface area contributed by atoms with Crippen molar-refractivity contribution in [2.75, 3.05) is 6.54 Å². The van der Waals surface area contributed by atoms with Crippen molar-refractivity contribution in [3.63, 3.8) is 0 Å². The Morgan fingerprint density at radius 1 is 0.821 bits per heavy atom. The highest BCUT2D eigenvalue weighted by atomic mass is 32.2. The number of ether oxygens (including phenoxy) is 1. The van der Waals surface area contributed by atoms with Gasteiger partial charge in [0, 0.05) is 17.9 Å². The van der Waals surface area contributed by atoms with Gasteiger partial charge in [-0.3, -0.25) is 4.79 Å². The number of hydrogen-bond donors (Lipinski definition) is 3. The molecule has 0 aliphatic carbocycles. The third-order valence-electron chi connectivity index (χ3n) is 5.96. The highest BCUT2D eigenvalue weighted by Gasteiger charge is 2.24. The molecule has 0 aromatic heterocycles. The second kappa shape index (κ2) is 15.5. The summed E-state index contributed by atoms with van der Waals surface area (Å²) in [5, 5.41) is 6.68. The average molecular weight is 550 g/mol. The van der Waals surface area contributed by atoms with Crippen LogP contribution in [0.2, 0.25) is 0 Å². The number of rotatable bonds is 14. The van der Waals surface area contributed by atoms with E-state index < -0.39 is 33.9 Å². The molecule has 0 radical (unpaired) electrons. The molecular formula is C30H35N3O5S. The van der Waals surface area contributed by atoms with Gasteiger partial charge < -0.3 is 21.1 Å². The van der Waals surface area contributed by atoms with Crippen LogP contribution in [0.15, 0.2) is 107 Å². The minimum Gasteiger partial charge on any atom is -0.445 e. The number of unbranched alkanes of at least 4 members (excludes halogenated alkanes) is 1. The predicted octanol–water partition coefficient (Wildman–Crippen LogP) is 4.13. The van der Waals surface area contributed by atoms with Gasteiger partial charge in [0.15, 0.2) is 9.84 Å². The number of benzene rings is 3. The van der Waals surface area contributed by atoms with Crippen molar-refractivity contribution in [1.82, 2.24) is 10.6 Å². The Hall–Kier alpha value is -3.95. The molecule has 9 heteroatoms. The third-order valence-corrected chi connectivity index (χ3v) is 7.41. The fourth-order valence-electron chi connectivity index (χ4n) is 3.86. The second-order valence-electron chi connectivity index (χ2n) is 9.03. The molecule has 0 aliphatic rings. The third kappa shape index (κ3) is 10.4.